The van der Waals surface area contributed by atoms with E-state index in [4.69, 9.17) is 20.1 Å². The second-order valence-electron chi connectivity index (χ2n) is 4.81. The summed E-state index contributed by atoms with van der Waals surface area (Å²) in [5.74, 6) is 0.329. The van der Waals surface area contributed by atoms with E-state index in [2.05, 4.69) is 10.0 Å². The zero-order valence-corrected chi connectivity index (χ0v) is 12.6. The van der Waals surface area contributed by atoms with Gasteiger partial charge in [0.2, 0.25) is 0 Å². The number of rotatable bonds is 4. The Labute approximate surface area is 132 Å². The predicted molar refractivity (Wildman–Crippen MR) is 76.5 cm³/mol. The molecule has 0 radical (unpaired) electrons. The first-order chi connectivity index (χ1) is 11.1. The summed E-state index contributed by atoms with van der Waals surface area (Å²) < 4.78 is 16.9. The lowest BCUT2D eigenvalue weighted by Gasteiger charge is -2.22. The van der Waals surface area contributed by atoms with E-state index in [-0.39, 0.29) is 0 Å². The summed E-state index contributed by atoms with van der Waals surface area (Å²) in [5.41, 5.74) is 4.56. The number of H-pyrrole nitrogens is 1. The number of hydrogen-bond donors (Lipinski definition) is 5. The summed E-state index contributed by atoms with van der Waals surface area (Å²) in [7, 11) is -4.69. The molecular weight excluding hydrogens is 349 g/mol. The Bertz CT molecular complexity index is 866. The van der Waals surface area contributed by atoms with Gasteiger partial charge in [-0.15, -0.1) is 0 Å². The molecule has 24 heavy (non-hydrogen) atoms. The Hall–Kier alpha value is -2.24. The highest BCUT2D eigenvalue weighted by molar-refractivity contribution is 7.55. The average molecular weight is 361 g/mol. The molecule has 13 nitrogen and oxygen atoms in total. The molecule has 2 rings (SSSR count). The van der Waals surface area contributed by atoms with E-state index >= 15 is 0 Å². The van der Waals surface area contributed by atoms with Crippen molar-refractivity contribution in [1.29, 1.82) is 0 Å². The third-order valence-corrected chi connectivity index (χ3v) is 3.72. The normalized spacial score (nSPS) is 30.4. The van der Waals surface area contributed by atoms with Crippen molar-refractivity contribution >= 4 is 7.60 Å². The molecule has 5 N–H and O–H groups in total. The SMILES string of the molecule is [N-]=[N+]=NC1(/C=C/P(=O)(O)O)O[C@@H](n2ccc(=O)[nH]c2=O)[C@H](O)[C@@H]1O. The number of aromatic amines is 1. The molecule has 14 heteroatoms. The highest BCUT2D eigenvalue weighted by atomic mass is 31.2. The molecule has 1 fully saturated rings. The summed E-state index contributed by atoms with van der Waals surface area (Å²) in [6.07, 6.45) is -3.77. The highest BCUT2D eigenvalue weighted by Crippen LogP contribution is 2.43. The van der Waals surface area contributed by atoms with Crippen LogP contribution in [0.15, 0.2) is 38.9 Å². The zero-order chi connectivity index (χ0) is 18.1. The fourth-order valence-electron chi connectivity index (χ4n) is 2.11. The topological polar surface area (TPSA) is 211 Å². The van der Waals surface area contributed by atoms with Crippen LogP contribution in [0.3, 0.4) is 0 Å². The van der Waals surface area contributed by atoms with E-state index in [1.807, 2.05) is 4.98 Å². The first-order valence-electron chi connectivity index (χ1n) is 6.27. The maximum atomic E-state index is 11.8. The van der Waals surface area contributed by atoms with Crippen molar-refractivity contribution in [2.75, 3.05) is 0 Å². The number of aliphatic hydroxyl groups excluding tert-OH is 2. The molecule has 1 aliphatic rings. The molecule has 2 heterocycles. The Kier molecular flexibility index (Phi) is 4.78. The van der Waals surface area contributed by atoms with Crippen LogP contribution >= 0.6 is 7.60 Å². The molecule has 4 atom stereocenters. The quantitative estimate of drug-likeness (QED) is 0.183. The van der Waals surface area contributed by atoms with Gasteiger partial charge in [0.15, 0.2) is 12.0 Å². The van der Waals surface area contributed by atoms with Gasteiger partial charge in [0.1, 0.15) is 12.2 Å². The Balaban J connectivity index is 2.51. The maximum absolute atomic E-state index is 11.8. The monoisotopic (exact) mass is 361 g/mol. The zero-order valence-electron chi connectivity index (χ0n) is 11.7. The molecule has 0 bridgehead atoms. The summed E-state index contributed by atoms with van der Waals surface area (Å²) in [4.78, 5) is 44.9. The fourth-order valence-corrected chi connectivity index (χ4v) is 2.52. The molecule has 1 aromatic heterocycles. The van der Waals surface area contributed by atoms with Crippen LogP contribution in [0.5, 0.6) is 0 Å². The van der Waals surface area contributed by atoms with Gasteiger partial charge in [-0.1, -0.05) is 5.11 Å². The lowest BCUT2D eigenvalue weighted by molar-refractivity contribution is -0.0730. The van der Waals surface area contributed by atoms with Gasteiger partial charge in [-0.3, -0.25) is 18.9 Å². The first-order valence-corrected chi connectivity index (χ1v) is 7.95. The molecule has 0 aliphatic carbocycles. The molecule has 0 saturated carbocycles. The van der Waals surface area contributed by atoms with Gasteiger partial charge in [0.25, 0.3) is 5.56 Å². The van der Waals surface area contributed by atoms with Crippen molar-refractivity contribution in [3.63, 3.8) is 0 Å². The van der Waals surface area contributed by atoms with Gasteiger partial charge in [0.05, 0.1) is 0 Å². The van der Waals surface area contributed by atoms with Crippen LogP contribution in [0.2, 0.25) is 0 Å². The van der Waals surface area contributed by atoms with E-state index in [0.717, 1.165) is 16.8 Å². The third kappa shape index (κ3) is 3.47. The van der Waals surface area contributed by atoms with Gasteiger partial charge in [0, 0.05) is 23.0 Å². The number of nitrogens with zero attached hydrogens (tertiary/aromatic N) is 4. The highest BCUT2D eigenvalue weighted by Gasteiger charge is 2.54. The van der Waals surface area contributed by atoms with E-state index in [9.17, 15) is 24.4 Å². The van der Waals surface area contributed by atoms with E-state index in [0.29, 0.717) is 11.9 Å². The number of aromatic nitrogens is 2. The van der Waals surface area contributed by atoms with Crippen molar-refractivity contribution < 1.29 is 29.3 Å². The molecule has 0 spiro atoms. The van der Waals surface area contributed by atoms with Gasteiger partial charge in [-0.05, 0) is 11.6 Å². The Morgan fingerprint density at radius 1 is 1.46 bits per heavy atom. The minimum atomic E-state index is -4.69. The Morgan fingerprint density at radius 3 is 2.67 bits per heavy atom. The summed E-state index contributed by atoms with van der Waals surface area (Å²) in [6, 6.07) is 0.947. The maximum Gasteiger partial charge on any atom is 0.348 e. The largest absolute Gasteiger partial charge is 0.387 e. The second-order valence-corrected chi connectivity index (χ2v) is 6.28. The lowest BCUT2D eigenvalue weighted by atomic mass is 10.1. The molecular formula is C10H12N5O8P. The summed E-state index contributed by atoms with van der Waals surface area (Å²) in [5, 5.41) is 23.3. The molecule has 1 aliphatic heterocycles. The molecule has 0 amide bonds. The minimum Gasteiger partial charge on any atom is -0.387 e. The molecule has 1 saturated heterocycles. The predicted octanol–water partition coefficient (Wildman–Crippen LogP) is -1.51. The number of nitrogens with one attached hydrogen (secondary N) is 1. The molecule has 130 valence electrons. The number of azide groups is 1. The van der Waals surface area contributed by atoms with Crippen molar-refractivity contribution in [3.8, 4) is 0 Å². The fraction of sp³-hybridized carbons (Fsp3) is 0.400. The van der Waals surface area contributed by atoms with Gasteiger partial charge >= 0.3 is 13.3 Å². The van der Waals surface area contributed by atoms with Crippen LogP contribution in [-0.4, -0.2) is 47.5 Å². The minimum absolute atomic E-state index is 0.329. The average Bonchev–Trinajstić information content (AvgIpc) is 2.71. The molecule has 1 unspecified atom stereocenters. The van der Waals surface area contributed by atoms with E-state index in [1.165, 1.54) is 0 Å². The molecule has 0 aromatic carbocycles. The summed E-state index contributed by atoms with van der Waals surface area (Å²) >= 11 is 0. The van der Waals surface area contributed by atoms with Gasteiger partial charge in [-0.2, -0.15) is 0 Å². The molecule has 1 aromatic rings. The van der Waals surface area contributed by atoms with E-state index in [1.54, 1.807) is 0 Å². The van der Waals surface area contributed by atoms with E-state index < -0.39 is 43.0 Å². The van der Waals surface area contributed by atoms with Crippen molar-refractivity contribution in [3.05, 3.63) is 55.4 Å². The summed E-state index contributed by atoms with van der Waals surface area (Å²) in [6.45, 7) is 0. The smallest absolute Gasteiger partial charge is 0.348 e. The van der Waals surface area contributed by atoms with Crippen molar-refractivity contribution in [2.45, 2.75) is 24.2 Å². The standard InChI is InChI=1S/C10H12N5O8P/c11-14-13-10(2-4-24(20,21)22)7(18)6(17)8(23-10)15-3-1-5(16)12-9(15)19/h1-4,6-8,17-18H,(H,12,16,19)(H2,20,21,22)/b4-2+/t6-,7+,8-,10?/m1/s1. The van der Waals surface area contributed by atoms with Gasteiger partial charge < -0.3 is 24.7 Å². The van der Waals surface area contributed by atoms with Crippen LogP contribution in [0.25, 0.3) is 10.4 Å². The third-order valence-electron chi connectivity index (χ3n) is 3.18. The van der Waals surface area contributed by atoms with Crippen LogP contribution in [-0.2, 0) is 9.30 Å². The lowest BCUT2D eigenvalue weighted by Crippen LogP contribution is -2.40. The number of hydrogen-bond acceptors (Lipinski definition) is 7. The van der Waals surface area contributed by atoms with Crippen molar-refractivity contribution in [1.82, 2.24) is 9.55 Å². The van der Waals surface area contributed by atoms with Crippen LogP contribution < -0.4 is 11.2 Å². The van der Waals surface area contributed by atoms with Gasteiger partial charge in [-0.25, -0.2) is 4.79 Å². The van der Waals surface area contributed by atoms with Crippen LogP contribution in [0.1, 0.15) is 6.23 Å². The second kappa shape index (κ2) is 6.34. The number of ether oxygens (including phenoxy) is 1. The Morgan fingerprint density at radius 2 is 2.12 bits per heavy atom. The van der Waals surface area contributed by atoms with Crippen LogP contribution in [0, 0.1) is 0 Å². The first kappa shape index (κ1) is 18.1. The number of aliphatic hydroxyl groups is 2. The van der Waals surface area contributed by atoms with Crippen LogP contribution in [0.4, 0.5) is 0 Å². The van der Waals surface area contributed by atoms with Crippen molar-refractivity contribution in [2.24, 2.45) is 5.11 Å².